The normalized spacial score (nSPS) is 11.2. The Morgan fingerprint density at radius 3 is 2.76 bits per heavy atom. The summed E-state index contributed by atoms with van der Waals surface area (Å²) in [6.45, 7) is 0.166. The summed E-state index contributed by atoms with van der Waals surface area (Å²) in [5, 5.41) is 3.05. The second kappa shape index (κ2) is 8.32. The van der Waals surface area contributed by atoms with Crippen LogP contribution in [0.3, 0.4) is 0 Å². The van der Waals surface area contributed by atoms with Crippen LogP contribution in [0.25, 0.3) is 0 Å². The maximum atomic E-state index is 11.7. The molecule has 4 nitrogen and oxygen atoms in total. The van der Waals surface area contributed by atoms with E-state index < -0.39 is 12.8 Å². The summed E-state index contributed by atoms with van der Waals surface area (Å²) in [5.41, 5.74) is 0.941. The van der Waals surface area contributed by atoms with Crippen molar-refractivity contribution in [1.29, 1.82) is 0 Å². The first-order valence-corrected chi connectivity index (χ1v) is 4.90. The van der Waals surface area contributed by atoms with Crippen LogP contribution in [-0.2, 0) is 11.3 Å². The number of alkyl halides is 3. The molecule has 0 fully saturated rings. The van der Waals surface area contributed by atoms with E-state index in [1.165, 1.54) is 0 Å². The minimum Gasteiger partial charge on any atom is -0.372 e. The molecular formula is C9H15ClF3N3O. The molecule has 1 aromatic rings. The van der Waals surface area contributed by atoms with Crippen LogP contribution in [0.2, 0.25) is 0 Å². The van der Waals surface area contributed by atoms with E-state index in [1.54, 1.807) is 12.5 Å². The lowest BCUT2D eigenvalue weighted by molar-refractivity contribution is -0.173. The van der Waals surface area contributed by atoms with Crippen molar-refractivity contribution in [3.63, 3.8) is 0 Å². The minimum absolute atomic E-state index is 0. The van der Waals surface area contributed by atoms with E-state index in [9.17, 15) is 13.2 Å². The van der Waals surface area contributed by atoms with Gasteiger partial charge in [0.2, 0.25) is 0 Å². The average molecular weight is 274 g/mol. The van der Waals surface area contributed by atoms with Crippen molar-refractivity contribution in [3.8, 4) is 0 Å². The van der Waals surface area contributed by atoms with E-state index in [0.717, 1.165) is 5.69 Å². The summed E-state index contributed by atoms with van der Waals surface area (Å²) >= 11 is 0. The van der Waals surface area contributed by atoms with Gasteiger partial charge in [0.05, 0.1) is 6.33 Å². The van der Waals surface area contributed by atoms with Gasteiger partial charge in [0.25, 0.3) is 0 Å². The number of hydrogen-bond donors (Lipinski definition) is 2. The van der Waals surface area contributed by atoms with Crippen LogP contribution in [0.1, 0.15) is 12.1 Å². The molecule has 2 N–H and O–H groups in total. The number of ether oxygens (including phenoxy) is 1. The number of H-pyrrole nitrogens is 1. The summed E-state index contributed by atoms with van der Waals surface area (Å²) in [5.74, 6) is 0. The summed E-state index contributed by atoms with van der Waals surface area (Å²) in [6.07, 6.45) is -0.426. The molecule has 0 saturated heterocycles. The van der Waals surface area contributed by atoms with Crippen LogP contribution >= 0.6 is 12.4 Å². The standard InChI is InChI=1S/C9H14F3N3O.ClH/c10-9(11,12)6-16-3-1-2-13-4-8-5-14-7-15-8;/h5,7,13H,1-4,6H2,(H,14,15);1H. The van der Waals surface area contributed by atoms with E-state index in [2.05, 4.69) is 20.0 Å². The quantitative estimate of drug-likeness (QED) is 0.746. The SMILES string of the molecule is Cl.FC(F)(F)COCCCNCc1cnc[nH]1. The van der Waals surface area contributed by atoms with Gasteiger partial charge >= 0.3 is 6.18 Å². The van der Waals surface area contributed by atoms with Gasteiger partial charge < -0.3 is 15.0 Å². The number of nitrogens with zero attached hydrogens (tertiary/aromatic N) is 1. The number of nitrogens with one attached hydrogen (secondary N) is 2. The smallest absolute Gasteiger partial charge is 0.372 e. The molecule has 0 unspecified atom stereocenters. The zero-order valence-electron chi connectivity index (χ0n) is 9.09. The Labute approximate surface area is 103 Å². The van der Waals surface area contributed by atoms with E-state index in [4.69, 9.17) is 0 Å². The molecule has 0 bridgehead atoms. The van der Waals surface area contributed by atoms with Gasteiger partial charge in [-0.3, -0.25) is 0 Å². The van der Waals surface area contributed by atoms with Crippen LogP contribution in [0.5, 0.6) is 0 Å². The van der Waals surface area contributed by atoms with Gasteiger partial charge in [-0.1, -0.05) is 0 Å². The second-order valence-electron chi connectivity index (χ2n) is 3.27. The molecule has 0 aliphatic rings. The molecule has 1 heterocycles. The third-order valence-electron chi connectivity index (χ3n) is 1.78. The maximum absolute atomic E-state index is 11.7. The fourth-order valence-electron chi connectivity index (χ4n) is 1.09. The zero-order valence-corrected chi connectivity index (χ0v) is 9.90. The first-order chi connectivity index (χ1) is 7.58. The Hall–Kier alpha value is -0.790. The third kappa shape index (κ3) is 8.96. The number of imidazole rings is 1. The molecule has 0 atom stereocenters. The maximum Gasteiger partial charge on any atom is 0.411 e. The van der Waals surface area contributed by atoms with Gasteiger partial charge in [0.1, 0.15) is 6.61 Å². The highest BCUT2D eigenvalue weighted by molar-refractivity contribution is 5.85. The van der Waals surface area contributed by atoms with Crippen molar-refractivity contribution in [3.05, 3.63) is 18.2 Å². The van der Waals surface area contributed by atoms with Crippen LogP contribution in [0, 0.1) is 0 Å². The number of halogens is 4. The molecule has 0 aromatic carbocycles. The number of rotatable bonds is 7. The van der Waals surface area contributed by atoms with Gasteiger partial charge in [0, 0.05) is 25.0 Å². The molecule has 0 radical (unpaired) electrons. The predicted octanol–water partition coefficient (Wildman–Crippen LogP) is 1.89. The van der Waals surface area contributed by atoms with Crippen LogP contribution in [-0.4, -0.2) is 35.9 Å². The van der Waals surface area contributed by atoms with Gasteiger partial charge in [-0.05, 0) is 13.0 Å². The topological polar surface area (TPSA) is 49.9 Å². The van der Waals surface area contributed by atoms with Gasteiger partial charge in [-0.2, -0.15) is 13.2 Å². The molecular weight excluding hydrogens is 259 g/mol. The number of aromatic amines is 1. The van der Waals surface area contributed by atoms with Crippen LogP contribution < -0.4 is 5.32 Å². The van der Waals surface area contributed by atoms with Gasteiger partial charge in [0.15, 0.2) is 0 Å². The Balaban J connectivity index is 0.00000256. The molecule has 0 aliphatic heterocycles. The summed E-state index contributed by atoms with van der Waals surface area (Å²) in [4.78, 5) is 6.74. The Morgan fingerprint density at radius 2 is 2.18 bits per heavy atom. The van der Waals surface area contributed by atoms with Crippen LogP contribution in [0.4, 0.5) is 13.2 Å². The highest BCUT2D eigenvalue weighted by Gasteiger charge is 2.27. The lowest BCUT2D eigenvalue weighted by Gasteiger charge is -2.07. The Morgan fingerprint density at radius 1 is 1.41 bits per heavy atom. The van der Waals surface area contributed by atoms with Crippen molar-refractivity contribution in [2.24, 2.45) is 0 Å². The highest BCUT2D eigenvalue weighted by atomic mass is 35.5. The first-order valence-electron chi connectivity index (χ1n) is 4.90. The van der Waals surface area contributed by atoms with Crippen molar-refractivity contribution >= 4 is 12.4 Å². The molecule has 100 valence electrons. The largest absolute Gasteiger partial charge is 0.411 e. The lowest BCUT2D eigenvalue weighted by atomic mass is 10.4. The second-order valence-corrected chi connectivity index (χ2v) is 3.27. The van der Waals surface area contributed by atoms with Crippen molar-refractivity contribution in [2.75, 3.05) is 19.8 Å². The molecule has 0 amide bonds. The minimum atomic E-state index is -4.23. The van der Waals surface area contributed by atoms with Crippen molar-refractivity contribution in [2.45, 2.75) is 19.1 Å². The average Bonchev–Trinajstić information content (AvgIpc) is 2.67. The van der Waals surface area contributed by atoms with Crippen molar-refractivity contribution in [1.82, 2.24) is 15.3 Å². The van der Waals surface area contributed by atoms with E-state index in [0.29, 0.717) is 19.5 Å². The lowest BCUT2D eigenvalue weighted by Crippen LogP contribution is -2.20. The fourth-order valence-corrected chi connectivity index (χ4v) is 1.09. The Bertz CT molecular complexity index is 280. The van der Waals surface area contributed by atoms with Gasteiger partial charge in [-0.15, -0.1) is 12.4 Å². The molecule has 0 spiro atoms. The fraction of sp³-hybridized carbons (Fsp3) is 0.667. The van der Waals surface area contributed by atoms with Gasteiger partial charge in [-0.25, -0.2) is 4.98 Å². The van der Waals surface area contributed by atoms with Crippen molar-refractivity contribution < 1.29 is 17.9 Å². The molecule has 0 aliphatic carbocycles. The Kier molecular flexibility index (Phi) is 7.94. The number of aromatic nitrogens is 2. The summed E-state index contributed by atoms with van der Waals surface area (Å²) < 4.78 is 39.4. The summed E-state index contributed by atoms with van der Waals surface area (Å²) in [6, 6.07) is 0. The van der Waals surface area contributed by atoms with E-state index in [-0.39, 0.29) is 19.0 Å². The zero-order chi connectivity index (χ0) is 11.9. The third-order valence-corrected chi connectivity index (χ3v) is 1.78. The number of hydrogen-bond acceptors (Lipinski definition) is 3. The predicted molar refractivity (Wildman–Crippen MR) is 59.0 cm³/mol. The monoisotopic (exact) mass is 273 g/mol. The first kappa shape index (κ1) is 16.2. The summed E-state index contributed by atoms with van der Waals surface area (Å²) in [7, 11) is 0. The molecule has 1 rings (SSSR count). The van der Waals surface area contributed by atoms with Crippen LogP contribution in [0.15, 0.2) is 12.5 Å². The molecule has 8 heteroatoms. The molecule has 1 aromatic heterocycles. The highest BCUT2D eigenvalue weighted by Crippen LogP contribution is 2.14. The van der Waals surface area contributed by atoms with E-state index >= 15 is 0 Å². The molecule has 0 saturated carbocycles. The van der Waals surface area contributed by atoms with E-state index in [1.807, 2.05) is 0 Å². The molecule has 17 heavy (non-hydrogen) atoms.